The van der Waals surface area contributed by atoms with Crippen molar-refractivity contribution in [1.82, 2.24) is 24.7 Å². The first kappa shape index (κ1) is 13.9. The molecule has 0 radical (unpaired) electrons. The maximum Gasteiger partial charge on any atom is 0.287 e. The molecule has 0 spiro atoms. The van der Waals surface area contributed by atoms with Gasteiger partial charge in [-0.3, -0.25) is 9.89 Å². The number of H-pyrrole nitrogens is 1. The van der Waals surface area contributed by atoms with Crippen molar-refractivity contribution in [3.05, 3.63) is 39.8 Å². The van der Waals surface area contributed by atoms with Crippen LogP contribution >= 0.6 is 11.8 Å². The van der Waals surface area contributed by atoms with Crippen LogP contribution in [0.5, 0.6) is 0 Å². The maximum atomic E-state index is 11.9. The molecule has 7 nitrogen and oxygen atoms in total. The predicted octanol–water partition coefficient (Wildman–Crippen LogP) is 1.96. The lowest BCUT2D eigenvalue weighted by molar-refractivity contribution is 0.344. The van der Waals surface area contributed by atoms with E-state index < -0.39 is 0 Å². The van der Waals surface area contributed by atoms with Crippen LogP contribution in [0.1, 0.15) is 30.6 Å². The van der Waals surface area contributed by atoms with Gasteiger partial charge in [0, 0.05) is 24.3 Å². The second-order valence-electron chi connectivity index (χ2n) is 4.69. The zero-order chi connectivity index (χ0) is 14.8. The van der Waals surface area contributed by atoms with E-state index >= 15 is 0 Å². The Balaban J connectivity index is 1.76. The van der Waals surface area contributed by atoms with Crippen LogP contribution in [-0.2, 0) is 12.2 Å². The normalized spacial score (nSPS) is 11.3. The molecule has 0 amide bonds. The summed E-state index contributed by atoms with van der Waals surface area (Å²) in [7, 11) is 0. The van der Waals surface area contributed by atoms with E-state index in [0.717, 1.165) is 18.7 Å². The summed E-state index contributed by atoms with van der Waals surface area (Å²) in [6.07, 6.45) is 1.90. The van der Waals surface area contributed by atoms with Gasteiger partial charge in [0.15, 0.2) is 5.65 Å². The predicted molar refractivity (Wildman–Crippen MR) is 78.4 cm³/mol. The van der Waals surface area contributed by atoms with E-state index in [1.807, 2.05) is 0 Å². The number of aromatic nitrogens is 5. The van der Waals surface area contributed by atoms with Gasteiger partial charge in [-0.2, -0.15) is 0 Å². The van der Waals surface area contributed by atoms with Crippen LogP contribution < -0.4 is 5.56 Å². The van der Waals surface area contributed by atoms with Crippen molar-refractivity contribution in [1.29, 1.82) is 0 Å². The molecule has 21 heavy (non-hydrogen) atoms. The molecule has 8 heteroatoms. The van der Waals surface area contributed by atoms with Crippen LogP contribution in [-0.4, -0.2) is 24.7 Å². The van der Waals surface area contributed by atoms with E-state index in [0.29, 0.717) is 28.0 Å². The zero-order valence-corrected chi connectivity index (χ0v) is 12.6. The topological polar surface area (TPSA) is 89.1 Å². The third-order valence-corrected chi connectivity index (χ3v) is 3.75. The van der Waals surface area contributed by atoms with Crippen molar-refractivity contribution in [2.24, 2.45) is 0 Å². The number of nitrogens with one attached hydrogen (secondary N) is 1. The molecular weight excluding hydrogens is 290 g/mol. The Hall–Kier alpha value is -2.09. The number of aromatic amines is 1. The molecule has 3 aromatic heterocycles. The van der Waals surface area contributed by atoms with Crippen molar-refractivity contribution in [3.63, 3.8) is 0 Å². The van der Waals surface area contributed by atoms with E-state index in [1.165, 1.54) is 22.4 Å². The molecule has 0 bridgehead atoms. The summed E-state index contributed by atoms with van der Waals surface area (Å²) in [5.41, 5.74) is 0.996. The quantitative estimate of drug-likeness (QED) is 0.725. The molecule has 0 unspecified atom stereocenters. The SMILES string of the molecule is CCCc1nc(SCc2cc(=O)n3oc(C)cc3n2)n[nH]1. The average Bonchev–Trinajstić information content (AvgIpc) is 3.03. The number of fused-ring (bicyclic) bond motifs is 1. The Labute approximate surface area is 124 Å². The molecule has 0 aromatic carbocycles. The molecule has 3 aromatic rings. The van der Waals surface area contributed by atoms with Crippen molar-refractivity contribution < 1.29 is 4.52 Å². The summed E-state index contributed by atoms with van der Waals surface area (Å²) in [5.74, 6) is 2.08. The molecule has 0 aliphatic carbocycles. The number of hydrogen-bond donors (Lipinski definition) is 1. The van der Waals surface area contributed by atoms with Crippen molar-refractivity contribution in [2.45, 2.75) is 37.6 Å². The van der Waals surface area contributed by atoms with Gasteiger partial charge in [0.2, 0.25) is 5.16 Å². The van der Waals surface area contributed by atoms with Gasteiger partial charge in [-0.1, -0.05) is 18.7 Å². The third-order valence-electron chi connectivity index (χ3n) is 2.87. The van der Waals surface area contributed by atoms with Crippen LogP contribution in [0.25, 0.3) is 5.65 Å². The molecule has 0 aliphatic heterocycles. The second-order valence-corrected chi connectivity index (χ2v) is 5.63. The monoisotopic (exact) mass is 305 g/mol. The van der Waals surface area contributed by atoms with Gasteiger partial charge in [0.05, 0.1) is 5.69 Å². The standard InChI is InChI=1S/C13H15N5O2S/c1-3-4-10-15-13(17-16-10)21-7-9-6-12(19)18-11(14-9)5-8(2)20-18/h5-6H,3-4,7H2,1-2H3,(H,15,16,17). The molecule has 0 saturated carbocycles. The van der Waals surface area contributed by atoms with E-state index in [9.17, 15) is 4.79 Å². The first-order valence-electron chi connectivity index (χ1n) is 6.69. The van der Waals surface area contributed by atoms with Gasteiger partial charge in [-0.25, -0.2) is 9.97 Å². The highest BCUT2D eigenvalue weighted by atomic mass is 32.2. The van der Waals surface area contributed by atoms with Crippen LogP contribution in [0.15, 0.2) is 26.6 Å². The summed E-state index contributed by atoms with van der Waals surface area (Å²) in [4.78, 5) is 20.7. The molecule has 0 atom stereocenters. The Morgan fingerprint density at radius 1 is 1.38 bits per heavy atom. The Morgan fingerprint density at radius 3 is 3.05 bits per heavy atom. The fourth-order valence-electron chi connectivity index (χ4n) is 1.98. The van der Waals surface area contributed by atoms with Gasteiger partial charge in [-0.05, 0) is 13.3 Å². The Morgan fingerprint density at radius 2 is 2.24 bits per heavy atom. The molecule has 1 N–H and O–H groups in total. The Kier molecular flexibility index (Phi) is 3.78. The van der Waals surface area contributed by atoms with E-state index in [1.54, 1.807) is 13.0 Å². The zero-order valence-electron chi connectivity index (χ0n) is 11.8. The molecular formula is C13H15N5O2S. The lowest BCUT2D eigenvalue weighted by Gasteiger charge is -1.97. The fourth-order valence-corrected chi connectivity index (χ4v) is 2.69. The highest BCUT2D eigenvalue weighted by molar-refractivity contribution is 7.98. The van der Waals surface area contributed by atoms with Crippen LogP contribution in [0.3, 0.4) is 0 Å². The van der Waals surface area contributed by atoms with Gasteiger partial charge < -0.3 is 4.52 Å². The lowest BCUT2D eigenvalue weighted by atomic mass is 10.3. The van der Waals surface area contributed by atoms with Crippen LogP contribution in [0.4, 0.5) is 0 Å². The lowest BCUT2D eigenvalue weighted by Crippen LogP contribution is -2.12. The van der Waals surface area contributed by atoms with Crippen LogP contribution in [0.2, 0.25) is 0 Å². The minimum Gasteiger partial charge on any atom is -0.375 e. The molecule has 3 rings (SSSR count). The minimum absolute atomic E-state index is 0.217. The van der Waals surface area contributed by atoms with E-state index in [4.69, 9.17) is 4.52 Å². The number of rotatable bonds is 5. The summed E-state index contributed by atoms with van der Waals surface area (Å²) >= 11 is 1.45. The second kappa shape index (κ2) is 5.72. The third kappa shape index (κ3) is 2.99. The average molecular weight is 305 g/mol. The van der Waals surface area contributed by atoms with Gasteiger partial charge >= 0.3 is 0 Å². The highest BCUT2D eigenvalue weighted by Gasteiger charge is 2.09. The van der Waals surface area contributed by atoms with E-state index in [2.05, 4.69) is 27.1 Å². The van der Waals surface area contributed by atoms with Gasteiger partial charge in [0.25, 0.3) is 5.56 Å². The first-order chi connectivity index (χ1) is 10.2. The van der Waals surface area contributed by atoms with E-state index in [-0.39, 0.29) is 5.56 Å². The summed E-state index contributed by atoms with van der Waals surface area (Å²) in [6, 6.07) is 3.21. The maximum absolute atomic E-state index is 11.9. The number of hydrogen-bond acceptors (Lipinski definition) is 6. The summed E-state index contributed by atoms with van der Waals surface area (Å²) in [6.45, 7) is 3.88. The molecule has 0 aliphatic rings. The van der Waals surface area contributed by atoms with Crippen molar-refractivity contribution in [3.8, 4) is 0 Å². The summed E-state index contributed by atoms with van der Waals surface area (Å²) in [5, 5.41) is 7.71. The number of nitrogens with zero attached hydrogens (tertiary/aromatic N) is 4. The molecule has 110 valence electrons. The first-order valence-corrected chi connectivity index (χ1v) is 7.68. The number of thioether (sulfide) groups is 1. The number of aryl methyl sites for hydroxylation is 2. The summed E-state index contributed by atoms with van der Waals surface area (Å²) < 4.78 is 6.44. The minimum atomic E-state index is -0.217. The van der Waals surface area contributed by atoms with Crippen molar-refractivity contribution >= 4 is 17.4 Å². The Bertz CT molecular complexity index is 819. The smallest absolute Gasteiger partial charge is 0.287 e. The van der Waals surface area contributed by atoms with Gasteiger partial charge in [-0.15, -0.1) is 9.67 Å². The fraction of sp³-hybridized carbons (Fsp3) is 0.385. The van der Waals surface area contributed by atoms with Gasteiger partial charge in [0.1, 0.15) is 11.6 Å². The molecule has 3 heterocycles. The highest BCUT2D eigenvalue weighted by Crippen LogP contribution is 2.18. The van der Waals surface area contributed by atoms with Crippen LogP contribution in [0, 0.1) is 6.92 Å². The molecule has 0 saturated heterocycles. The van der Waals surface area contributed by atoms with Crippen molar-refractivity contribution in [2.75, 3.05) is 0 Å². The largest absolute Gasteiger partial charge is 0.375 e. The molecule has 0 fully saturated rings.